The minimum Gasteiger partial charge on any atom is -0.309 e. The molecule has 1 aliphatic rings. The van der Waals surface area contributed by atoms with Gasteiger partial charge in [-0.25, -0.2) is 9.97 Å². The fourth-order valence-electron chi connectivity index (χ4n) is 9.73. The van der Waals surface area contributed by atoms with E-state index in [1.54, 1.807) is 0 Å². The van der Waals surface area contributed by atoms with Crippen molar-refractivity contribution >= 4 is 73.0 Å². The summed E-state index contributed by atoms with van der Waals surface area (Å²) in [6.45, 7) is 4.94. The second kappa shape index (κ2) is 12.0. The van der Waals surface area contributed by atoms with Gasteiger partial charge in [-0.2, -0.15) is 0 Å². The number of hydrogen-bond donors (Lipinski definition) is 0. The fourth-order valence-corrected chi connectivity index (χ4v) is 13.1. The molecule has 268 valence electrons. The zero-order valence-corrected chi connectivity index (χ0v) is 32.6. The maximum absolute atomic E-state index is 5.61. The van der Waals surface area contributed by atoms with Crippen LogP contribution in [-0.2, 0) is 0 Å². The van der Waals surface area contributed by atoms with Crippen LogP contribution in [0.2, 0.25) is 13.1 Å². The molecule has 3 aromatic heterocycles. The molecule has 4 heterocycles. The maximum atomic E-state index is 5.61. The Morgan fingerprint density at radius 2 is 1.00 bits per heavy atom. The van der Waals surface area contributed by atoms with Crippen molar-refractivity contribution in [2.24, 2.45) is 0 Å². The molecule has 0 saturated carbocycles. The van der Waals surface area contributed by atoms with E-state index in [1.165, 1.54) is 65.2 Å². The Bertz CT molecular complexity index is 3430. The summed E-state index contributed by atoms with van der Waals surface area (Å²) in [6, 6.07) is 66.0. The largest absolute Gasteiger partial charge is 0.309 e. The van der Waals surface area contributed by atoms with Gasteiger partial charge in [0, 0.05) is 38.2 Å². The zero-order valence-electron chi connectivity index (χ0n) is 31.6. The fraction of sp³-hybridized carbons (Fsp3) is 0.0385. The van der Waals surface area contributed by atoms with E-state index in [-0.39, 0.29) is 0 Å². The van der Waals surface area contributed by atoms with E-state index < -0.39 is 8.07 Å². The number of para-hydroxylation sites is 3. The van der Waals surface area contributed by atoms with E-state index in [1.807, 2.05) is 0 Å². The quantitative estimate of drug-likeness (QED) is 0.168. The summed E-state index contributed by atoms with van der Waals surface area (Å²) in [5.74, 6) is 0.697. The lowest BCUT2D eigenvalue weighted by atomic mass is 10.0. The summed E-state index contributed by atoms with van der Waals surface area (Å²) in [5.41, 5.74) is 13.9. The Kier molecular flexibility index (Phi) is 6.75. The Balaban J connectivity index is 1.10. The highest BCUT2D eigenvalue weighted by atomic mass is 28.3. The van der Waals surface area contributed by atoms with Crippen molar-refractivity contribution in [1.82, 2.24) is 19.1 Å². The van der Waals surface area contributed by atoms with Gasteiger partial charge in [-0.3, -0.25) is 4.57 Å². The van der Waals surface area contributed by atoms with Gasteiger partial charge in [0.1, 0.15) is 8.07 Å². The summed E-state index contributed by atoms with van der Waals surface area (Å²) in [5, 5.41) is 8.83. The molecule has 5 heteroatoms. The van der Waals surface area contributed by atoms with Crippen molar-refractivity contribution in [2.45, 2.75) is 13.1 Å². The molecule has 0 bridgehead atoms. The normalized spacial score (nSPS) is 13.2. The molecule has 1 aliphatic heterocycles. The predicted octanol–water partition coefficient (Wildman–Crippen LogP) is 12.0. The highest BCUT2D eigenvalue weighted by molar-refractivity contribution is 7.05. The van der Waals surface area contributed by atoms with Crippen molar-refractivity contribution in [3.63, 3.8) is 0 Å². The second-order valence-electron chi connectivity index (χ2n) is 15.8. The van der Waals surface area contributed by atoms with Crippen LogP contribution in [0, 0.1) is 0 Å². The van der Waals surface area contributed by atoms with E-state index in [0.717, 1.165) is 38.9 Å². The maximum Gasteiger partial charge on any atom is 0.235 e. The molecule has 0 amide bonds. The third-order valence-electron chi connectivity index (χ3n) is 12.3. The molecule has 8 aromatic carbocycles. The van der Waals surface area contributed by atoms with Gasteiger partial charge in [0.05, 0.1) is 33.3 Å². The molecule has 0 atom stereocenters. The van der Waals surface area contributed by atoms with Crippen LogP contribution < -0.4 is 10.4 Å². The zero-order chi connectivity index (χ0) is 37.8. The molecule has 0 spiro atoms. The number of hydrogen-bond acceptors (Lipinski definition) is 2. The monoisotopic (exact) mass is 744 g/mol. The lowest BCUT2D eigenvalue weighted by Gasteiger charge is -2.21. The SMILES string of the molecule is C[Si]1(C)c2ccccc2-c2ccc3c(-c4ccccc4)nc(-n4c5ccccc5c5cc(-c6ccc7c8ccccc8n(-c8ccccc8)c7c6)ccc54)nc3c21. The average Bonchev–Trinajstić information content (AvgIpc) is 3.86. The van der Waals surface area contributed by atoms with Crippen LogP contribution in [0.5, 0.6) is 0 Å². The number of fused-ring (bicyclic) bond motifs is 11. The molecule has 57 heavy (non-hydrogen) atoms. The molecule has 0 aliphatic carbocycles. The summed E-state index contributed by atoms with van der Waals surface area (Å²) in [4.78, 5) is 11.1. The third-order valence-corrected chi connectivity index (χ3v) is 15.9. The molecular weight excluding hydrogens is 709 g/mol. The molecule has 0 fully saturated rings. The van der Waals surface area contributed by atoms with E-state index in [2.05, 4.69) is 204 Å². The third kappa shape index (κ3) is 4.60. The van der Waals surface area contributed by atoms with Crippen LogP contribution in [0.4, 0.5) is 0 Å². The van der Waals surface area contributed by atoms with Gasteiger partial charge in [-0.1, -0.05) is 147 Å². The minimum absolute atomic E-state index is 0.697. The van der Waals surface area contributed by atoms with Crippen LogP contribution in [0.1, 0.15) is 0 Å². The van der Waals surface area contributed by atoms with E-state index in [9.17, 15) is 0 Å². The predicted molar refractivity (Wildman–Crippen MR) is 241 cm³/mol. The summed E-state index contributed by atoms with van der Waals surface area (Å²) >= 11 is 0. The standard InChI is InChI=1S/C52H36N4Si/c1-57(2)48-24-14-11-21-40(48)41-28-29-42-49(33-15-5-3-6-16-33)53-52(54-50(42)51(41)57)56-45-23-13-10-20-38(45)43-31-34(26-30-46(43)56)35-25-27-39-37-19-9-12-22-44(37)55(47(39)32-35)36-17-7-4-8-18-36/h3-32H,1-2H3. The van der Waals surface area contributed by atoms with Crippen LogP contribution in [0.25, 0.3) is 99.7 Å². The summed E-state index contributed by atoms with van der Waals surface area (Å²) in [6.07, 6.45) is 0. The first-order valence-corrected chi connectivity index (χ1v) is 22.7. The van der Waals surface area contributed by atoms with Crippen LogP contribution in [-0.4, -0.2) is 27.2 Å². The topological polar surface area (TPSA) is 35.6 Å². The van der Waals surface area contributed by atoms with Crippen molar-refractivity contribution in [3.05, 3.63) is 182 Å². The first-order valence-electron chi connectivity index (χ1n) is 19.7. The molecule has 4 nitrogen and oxygen atoms in total. The molecule has 0 N–H and O–H groups in total. The Morgan fingerprint density at radius 1 is 0.404 bits per heavy atom. The Hall–Kier alpha value is -7.08. The minimum atomic E-state index is -2.09. The second-order valence-corrected chi connectivity index (χ2v) is 20.1. The van der Waals surface area contributed by atoms with Gasteiger partial charge in [-0.15, -0.1) is 0 Å². The summed E-state index contributed by atoms with van der Waals surface area (Å²) in [7, 11) is -2.09. The Morgan fingerprint density at radius 3 is 1.81 bits per heavy atom. The number of aromatic nitrogens is 4. The van der Waals surface area contributed by atoms with Crippen molar-refractivity contribution < 1.29 is 0 Å². The number of benzene rings is 8. The number of nitrogens with zero attached hydrogens (tertiary/aromatic N) is 4. The molecule has 12 rings (SSSR count). The first-order chi connectivity index (χ1) is 28.0. The number of rotatable bonds is 4. The molecule has 0 radical (unpaired) electrons. The molecule has 0 unspecified atom stereocenters. The summed E-state index contributed by atoms with van der Waals surface area (Å²) < 4.78 is 4.67. The van der Waals surface area contributed by atoms with E-state index in [0.29, 0.717) is 5.95 Å². The van der Waals surface area contributed by atoms with Gasteiger partial charge in [0.25, 0.3) is 0 Å². The van der Waals surface area contributed by atoms with Crippen molar-refractivity contribution in [3.8, 4) is 45.1 Å². The molecule has 11 aromatic rings. The van der Waals surface area contributed by atoms with Crippen LogP contribution >= 0.6 is 0 Å². The highest BCUT2D eigenvalue weighted by Gasteiger charge is 2.39. The van der Waals surface area contributed by atoms with Crippen molar-refractivity contribution in [2.75, 3.05) is 0 Å². The lowest BCUT2D eigenvalue weighted by molar-refractivity contribution is 1.01. The smallest absolute Gasteiger partial charge is 0.235 e. The first kappa shape index (κ1) is 32.2. The van der Waals surface area contributed by atoms with Gasteiger partial charge >= 0.3 is 0 Å². The van der Waals surface area contributed by atoms with Crippen LogP contribution in [0.3, 0.4) is 0 Å². The molecular formula is C52H36N4Si. The Labute approximate surface area is 331 Å². The average molecular weight is 745 g/mol. The molecule has 0 saturated heterocycles. The highest BCUT2D eigenvalue weighted by Crippen LogP contribution is 2.40. The van der Waals surface area contributed by atoms with Gasteiger partial charge in [-0.05, 0) is 81.2 Å². The van der Waals surface area contributed by atoms with Crippen molar-refractivity contribution in [1.29, 1.82) is 0 Å². The van der Waals surface area contributed by atoms with E-state index >= 15 is 0 Å². The van der Waals surface area contributed by atoms with Crippen LogP contribution in [0.15, 0.2) is 182 Å². The van der Waals surface area contributed by atoms with Gasteiger partial charge in [0.15, 0.2) is 0 Å². The lowest BCUT2D eigenvalue weighted by Crippen LogP contribution is -2.49. The van der Waals surface area contributed by atoms with Gasteiger partial charge < -0.3 is 4.57 Å². The van der Waals surface area contributed by atoms with Gasteiger partial charge in [0.2, 0.25) is 5.95 Å². The van der Waals surface area contributed by atoms with E-state index in [4.69, 9.17) is 9.97 Å².